The van der Waals surface area contributed by atoms with Crippen molar-refractivity contribution in [3.63, 3.8) is 0 Å². The highest BCUT2D eigenvalue weighted by Crippen LogP contribution is 2.33. The highest BCUT2D eigenvalue weighted by molar-refractivity contribution is 7.91. The molecule has 0 radical (unpaired) electrons. The lowest BCUT2D eigenvalue weighted by Crippen LogP contribution is -2.48. The summed E-state index contributed by atoms with van der Waals surface area (Å²) < 4.78 is 28.3. The third kappa shape index (κ3) is 4.41. The molecule has 0 saturated carbocycles. The molecule has 9 heteroatoms. The fraction of sp³-hybridized carbons (Fsp3) is 0.462. The van der Waals surface area contributed by atoms with Crippen LogP contribution in [-0.2, 0) is 14.6 Å². The van der Waals surface area contributed by atoms with Gasteiger partial charge in [-0.3, -0.25) is 4.79 Å². The molecular weight excluding hydrogens is 373 g/mol. The Morgan fingerprint density at radius 1 is 1.27 bits per heavy atom. The number of ether oxygens (including phenoxy) is 1. The summed E-state index contributed by atoms with van der Waals surface area (Å²) in [4.78, 5) is 11.9. The van der Waals surface area contributed by atoms with Crippen molar-refractivity contribution in [2.75, 3.05) is 18.1 Å². The maximum atomic E-state index is 11.9. The van der Waals surface area contributed by atoms with Crippen LogP contribution < -0.4 is 10.1 Å². The van der Waals surface area contributed by atoms with Crippen molar-refractivity contribution in [3.05, 3.63) is 27.2 Å². The summed E-state index contributed by atoms with van der Waals surface area (Å²) in [5.41, 5.74) is -0.763. The normalized spacial score (nSPS) is 23.3. The molecule has 0 unspecified atom stereocenters. The van der Waals surface area contributed by atoms with Gasteiger partial charge in [0.15, 0.2) is 16.4 Å². The Labute approximate surface area is 143 Å². The number of carbonyl (C=O) groups is 1. The number of sulfone groups is 1. The standard InChI is InChI=1S/C13H14Cl3NO4S/c1-13(2-3-22(19,20)7-13)17-12(18)6-21-11-5-9(15)8(14)4-10(11)16/h4-5H,2-3,6-7H2,1H3,(H,17,18)/t13-/m0/s1. The molecule has 1 amide bonds. The van der Waals surface area contributed by atoms with Crippen LogP contribution in [0.3, 0.4) is 0 Å². The molecule has 5 nitrogen and oxygen atoms in total. The van der Waals surface area contributed by atoms with E-state index in [0.29, 0.717) is 6.42 Å². The van der Waals surface area contributed by atoms with E-state index in [-0.39, 0.29) is 38.9 Å². The van der Waals surface area contributed by atoms with E-state index in [4.69, 9.17) is 39.5 Å². The van der Waals surface area contributed by atoms with Gasteiger partial charge in [-0.1, -0.05) is 34.8 Å². The maximum Gasteiger partial charge on any atom is 0.258 e. The Hall–Kier alpha value is -0.690. The van der Waals surface area contributed by atoms with Gasteiger partial charge in [-0.15, -0.1) is 0 Å². The Kier molecular flexibility index (Phi) is 5.16. The maximum absolute atomic E-state index is 11.9. The predicted molar refractivity (Wildman–Crippen MR) is 86.8 cm³/mol. The summed E-state index contributed by atoms with van der Waals surface area (Å²) in [6, 6.07) is 2.84. The topological polar surface area (TPSA) is 72.5 Å². The van der Waals surface area contributed by atoms with Crippen LogP contribution >= 0.6 is 34.8 Å². The van der Waals surface area contributed by atoms with Crippen molar-refractivity contribution in [2.45, 2.75) is 18.9 Å². The number of hydrogen-bond donors (Lipinski definition) is 1. The van der Waals surface area contributed by atoms with Crippen LogP contribution in [0.2, 0.25) is 15.1 Å². The van der Waals surface area contributed by atoms with E-state index in [1.165, 1.54) is 12.1 Å². The first-order valence-corrected chi connectivity index (χ1v) is 9.35. The van der Waals surface area contributed by atoms with Crippen molar-refractivity contribution in [2.24, 2.45) is 0 Å². The Bertz CT molecular complexity index is 707. The minimum atomic E-state index is -3.09. The molecule has 0 aliphatic carbocycles. The molecule has 1 heterocycles. The van der Waals surface area contributed by atoms with E-state index in [9.17, 15) is 13.2 Å². The average Bonchev–Trinajstić information content (AvgIpc) is 2.66. The average molecular weight is 387 g/mol. The Balaban J connectivity index is 1.95. The molecule has 0 aromatic heterocycles. The molecule has 1 atom stereocenters. The zero-order valence-electron chi connectivity index (χ0n) is 11.7. The first-order valence-electron chi connectivity index (χ1n) is 6.39. The molecule has 1 N–H and O–H groups in total. The van der Waals surface area contributed by atoms with Crippen LogP contribution in [0.4, 0.5) is 0 Å². The second-order valence-electron chi connectivity index (χ2n) is 5.44. The minimum absolute atomic E-state index is 0.0702. The molecule has 22 heavy (non-hydrogen) atoms. The monoisotopic (exact) mass is 385 g/mol. The molecule has 2 rings (SSSR count). The number of halogens is 3. The van der Waals surface area contributed by atoms with Crippen LogP contribution in [0, 0.1) is 0 Å². The third-order valence-electron chi connectivity index (χ3n) is 3.28. The van der Waals surface area contributed by atoms with Gasteiger partial charge in [0.1, 0.15) is 5.75 Å². The molecule has 1 aliphatic heterocycles. The first-order chi connectivity index (χ1) is 10.1. The second kappa shape index (κ2) is 6.43. The van der Waals surface area contributed by atoms with E-state index < -0.39 is 21.3 Å². The summed E-state index contributed by atoms with van der Waals surface area (Å²) in [7, 11) is -3.09. The number of nitrogens with one attached hydrogen (secondary N) is 1. The number of benzene rings is 1. The molecule has 0 spiro atoms. The van der Waals surface area contributed by atoms with Crippen LogP contribution in [-0.4, -0.2) is 38.0 Å². The van der Waals surface area contributed by atoms with Gasteiger partial charge in [0.2, 0.25) is 0 Å². The second-order valence-corrected chi connectivity index (χ2v) is 8.84. The molecular formula is C13H14Cl3NO4S. The molecule has 122 valence electrons. The van der Waals surface area contributed by atoms with Gasteiger partial charge in [-0.05, 0) is 19.4 Å². The molecule has 1 saturated heterocycles. The lowest BCUT2D eigenvalue weighted by molar-refractivity contribution is -0.124. The molecule has 1 fully saturated rings. The van der Waals surface area contributed by atoms with Crippen LogP contribution in [0.1, 0.15) is 13.3 Å². The number of hydrogen-bond acceptors (Lipinski definition) is 4. The summed E-state index contributed by atoms with van der Waals surface area (Å²) in [6.45, 7) is 1.40. The highest BCUT2D eigenvalue weighted by Gasteiger charge is 2.39. The van der Waals surface area contributed by atoms with E-state index in [0.717, 1.165) is 0 Å². The Morgan fingerprint density at radius 2 is 1.91 bits per heavy atom. The van der Waals surface area contributed by atoms with Gasteiger partial charge in [0.25, 0.3) is 5.91 Å². The number of rotatable bonds is 4. The third-order valence-corrected chi connectivity index (χ3v) is 6.20. The van der Waals surface area contributed by atoms with Crippen LogP contribution in [0.25, 0.3) is 0 Å². The van der Waals surface area contributed by atoms with E-state index in [2.05, 4.69) is 5.32 Å². The van der Waals surface area contributed by atoms with Gasteiger partial charge in [-0.25, -0.2) is 8.42 Å². The number of amides is 1. The van der Waals surface area contributed by atoms with Crippen molar-refractivity contribution in [1.29, 1.82) is 0 Å². The van der Waals surface area contributed by atoms with Crippen LogP contribution in [0.5, 0.6) is 5.75 Å². The number of carbonyl (C=O) groups excluding carboxylic acids is 1. The minimum Gasteiger partial charge on any atom is -0.482 e. The van der Waals surface area contributed by atoms with Crippen molar-refractivity contribution in [1.82, 2.24) is 5.32 Å². The van der Waals surface area contributed by atoms with E-state index in [1.807, 2.05) is 0 Å². The van der Waals surface area contributed by atoms with Gasteiger partial charge >= 0.3 is 0 Å². The zero-order chi connectivity index (χ0) is 16.5. The van der Waals surface area contributed by atoms with Crippen molar-refractivity contribution >= 4 is 50.5 Å². The fourth-order valence-corrected chi connectivity index (χ4v) is 4.92. The van der Waals surface area contributed by atoms with Crippen LogP contribution in [0.15, 0.2) is 12.1 Å². The molecule has 1 aromatic rings. The smallest absolute Gasteiger partial charge is 0.258 e. The summed E-state index contributed by atoms with van der Waals surface area (Å²) in [5.74, 6) is -0.195. The lowest BCUT2D eigenvalue weighted by atomic mass is 10.0. The molecule has 1 aliphatic rings. The van der Waals surface area contributed by atoms with Gasteiger partial charge in [0.05, 0.1) is 32.1 Å². The first kappa shape index (κ1) is 17.7. The summed E-state index contributed by atoms with van der Waals surface area (Å²) >= 11 is 17.6. The lowest BCUT2D eigenvalue weighted by Gasteiger charge is -2.23. The fourth-order valence-electron chi connectivity index (χ4n) is 2.24. The summed E-state index contributed by atoms with van der Waals surface area (Å²) in [6.07, 6.45) is 0.384. The van der Waals surface area contributed by atoms with Gasteiger partial charge in [-0.2, -0.15) is 0 Å². The van der Waals surface area contributed by atoms with Crippen molar-refractivity contribution in [3.8, 4) is 5.75 Å². The highest BCUT2D eigenvalue weighted by atomic mass is 35.5. The van der Waals surface area contributed by atoms with E-state index in [1.54, 1.807) is 6.92 Å². The largest absolute Gasteiger partial charge is 0.482 e. The van der Waals surface area contributed by atoms with E-state index >= 15 is 0 Å². The quantitative estimate of drug-likeness (QED) is 0.808. The zero-order valence-corrected chi connectivity index (χ0v) is 14.7. The molecule has 1 aromatic carbocycles. The predicted octanol–water partition coefficient (Wildman–Crippen LogP) is 2.72. The Morgan fingerprint density at radius 3 is 2.50 bits per heavy atom. The van der Waals surface area contributed by atoms with Gasteiger partial charge < -0.3 is 10.1 Å². The molecule has 0 bridgehead atoms. The summed E-state index contributed by atoms with van der Waals surface area (Å²) in [5, 5.41) is 3.46. The van der Waals surface area contributed by atoms with Crippen molar-refractivity contribution < 1.29 is 17.9 Å². The van der Waals surface area contributed by atoms with Gasteiger partial charge in [0, 0.05) is 6.07 Å². The SMILES string of the molecule is C[C@]1(NC(=O)COc2cc(Cl)c(Cl)cc2Cl)CCS(=O)(=O)C1.